The fourth-order valence-electron chi connectivity index (χ4n) is 2.25. The Morgan fingerprint density at radius 3 is 2.37 bits per heavy atom. The van der Waals surface area contributed by atoms with Crippen LogP contribution in [0.25, 0.3) is 0 Å². The third-order valence-electron chi connectivity index (χ3n) is 3.31. The SMILES string of the molecule is COc1cccc(N2CCN(S(C)(=O)=O)CC2)c1N. The number of benzene rings is 1. The first-order valence-corrected chi connectivity index (χ1v) is 7.91. The zero-order valence-corrected chi connectivity index (χ0v) is 12.0. The van der Waals surface area contributed by atoms with Gasteiger partial charge in [0.25, 0.3) is 0 Å². The van der Waals surface area contributed by atoms with Gasteiger partial charge in [0, 0.05) is 26.2 Å². The minimum atomic E-state index is -3.10. The van der Waals surface area contributed by atoms with Gasteiger partial charge in [0.2, 0.25) is 10.0 Å². The number of ether oxygens (including phenoxy) is 1. The van der Waals surface area contributed by atoms with Crippen molar-refractivity contribution in [3.63, 3.8) is 0 Å². The van der Waals surface area contributed by atoms with Gasteiger partial charge in [-0.1, -0.05) is 6.07 Å². The Morgan fingerprint density at radius 2 is 1.84 bits per heavy atom. The van der Waals surface area contributed by atoms with E-state index in [1.807, 2.05) is 18.2 Å². The Kier molecular flexibility index (Phi) is 3.86. The fraction of sp³-hybridized carbons (Fsp3) is 0.500. The molecule has 6 nitrogen and oxygen atoms in total. The standard InChI is InChI=1S/C12H19N3O3S/c1-18-11-5-3-4-10(12(11)13)14-6-8-15(9-7-14)19(2,16)17/h3-5H,6-9,13H2,1-2H3. The zero-order chi connectivity index (χ0) is 14.0. The van der Waals surface area contributed by atoms with Crippen LogP contribution in [0.2, 0.25) is 0 Å². The second-order valence-corrected chi connectivity index (χ2v) is 6.52. The molecule has 0 aliphatic carbocycles. The molecule has 0 spiro atoms. The number of hydrogen-bond acceptors (Lipinski definition) is 5. The van der Waals surface area contributed by atoms with Crippen molar-refractivity contribution in [2.24, 2.45) is 0 Å². The van der Waals surface area contributed by atoms with Crippen LogP contribution in [0.15, 0.2) is 18.2 Å². The molecule has 2 N–H and O–H groups in total. The lowest BCUT2D eigenvalue weighted by molar-refractivity contribution is 0.387. The number of nitrogens with two attached hydrogens (primary N) is 1. The Bertz CT molecular complexity index is 551. The zero-order valence-electron chi connectivity index (χ0n) is 11.2. The van der Waals surface area contributed by atoms with Crippen molar-refractivity contribution >= 4 is 21.4 Å². The molecule has 1 aromatic rings. The number of rotatable bonds is 3. The van der Waals surface area contributed by atoms with E-state index in [-0.39, 0.29) is 0 Å². The van der Waals surface area contributed by atoms with Crippen molar-refractivity contribution in [2.45, 2.75) is 0 Å². The van der Waals surface area contributed by atoms with Gasteiger partial charge in [-0.25, -0.2) is 8.42 Å². The molecule has 2 rings (SSSR count). The summed E-state index contributed by atoms with van der Waals surface area (Å²) in [7, 11) is -1.52. The molecule has 1 aliphatic heterocycles. The van der Waals surface area contributed by atoms with Gasteiger partial charge in [0.1, 0.15) is 5.75 Å². The Balaban J connectivity index is 2.14. The van der Waals surface area contributed by atoms with Crippen molar-refractivity contribution in [1.82, 2.24) is 4.31 Å². The smallest absolute Gasteiger partial charge is 0.211 e. The normalized spacial score (nSPS) is 17.5. The Labute approximate surface area is 113 Å². The van der Waals surface area contributed by atoms with E-state index in [1.165, 1.54) is 10.6 Å². The van der Waals surface area contributed by atoms with E-state index in [0.717, 1.165) is 5.69 Å². The number of nitrogen functional groups attached to an aromatic ring is 1. The second-order valence-electron chi connectivity index (χ2n) is 4.54. The van der Waals surface area contributed by atoms with Gasteiger partial charge in [-0.15, -0.1) is 0 Å². The number of para-hydroxylation sites is 1. The third kappa shape index (κ3) is 2.93. The maximum absolute atomic E-state index is 11.5. The van der Waals surface area contributed by atoms with Crippen LogP contribution in [-0.4, -0.2) is 52.3 Å². The molecule has 1 aromatic carbocycles. The molecule has 19 heavy (non-hydrogen) atoms. The van der Waals surface area contributed by atoms with E-state index in [2.05, 4.69) is 4.90 Å². The molecular formula is C12H19N3O3S. The number of methoxy groups -OCH3 is 1. The quantitative estimate of drug-likeness (QED) is 0.812. The molecular weight excluding hydrogens is 266 g/mol. The first-order valence-electron chi connectivity index (χ1n) is 6.06. The summed E-state index contributed by atoms with van der Waals surface area (Å²) < 4.78 is 29.6. The lowest BCUT2D eigenvalue weighted by atomic mass is 10.2. The lowest BCUT2D eigenvalue weighted by Gasteiger charge is -2.35. The maximum Gasteiger partial charge on any atom is 0.211 e. The highest BCUT2D eigenvalue weighted by Crippen LogP contribution is 2.32. The number of sulfonamides is 1. The molecule has 7 heteroatoms. The molecule has 0 saturated carbocycles. The van der Waals surface area contributed by atoms with Gasteiger partial charge in [-0.3, -0.25) is 0 Å². The van der Waals surface area contributed by atoms with E-state index in [4.69, 9.17) is 10.5 Å². The topological polar surface area (TPSA) is 75.9 Å². The van der Waals surface area contributed by atoms with Gasteiger partial charge in [-0.05, 0) is 12.1 Å². The van der Waals surface area contributed by atoms with E-state index < -0.39 is 10.0 Å². The summed E-state index contributed by atoms with van der Waals surface area (Å²) in [6.45, 7) is 2.22. The highest BCUT2D eigenvalue weighted by atomic mass is 32.2. The summed E-state index contributed by atoms with van der Waals surface area (Å²) >= 11 is 0. The molecule has 0 unspecified atom stereocenters. The molecule has 1 heterocycles. The highest BCUT2D eigenvalue weighted by molar-refractivity contribution is 7.88. The van der Waals surface area contributed by atoms with Crippen molar-refractivity contribution in [3.05, 3.63) is 18.2 Å². The van der Waals surface area contributed by atoms with Crippen LogP contribution in [0.3, 0.4) is 0 Å². The largest absolute Gasteiger partial charge is 0.495 e. The van der Waals surface area contributed by atoms with Gasteiger partial charge >= 0.3 is 0 Å². The first kappa shape index (κ1) is 14.0. The van der Waals surface area contributed by atoms with Gasteiger partial charge in [-0.2, -0.15) is 4.31 Å². The molecule has 0 amide bonds. The molecule has 106 valence electrons. The minimum Gasteiger partial charge on any atom is -0.495 e. The van der Waals surface area contributed by atoms with E-state index >= 15 is 0 Å². The minimum absolute atomic E-state index is 0.482. The maximum atomic E-state index is 11.5. The molecule has 0 aromatic heterocycles. The number of nitrogens with zero attached hydrogens (tertiary/aromatic N) is 2. The van der Waals surface area contributed by atoms with Gasteiger partial charge < -0.3 is 15.4 Å². The predicted molar refractivity (Wildman–Crippen MR) is 76.0 cm³/mol. The molecule has 0 atom stereocenters. The number of hydrogen-bond donors (Lipinski definition) is 1. The van der Waals surface area contributed by atoms with Gasteiger partial charge in [0.15, 0.2) is 0 Å². The van der Waals surface area contributed by atoms with Crippen molar-refractivity contribution in [1.29, 1.82) is 0 Å². The van der Waals surface area contributed by atoms with Crippen LogP contribution in [0.5, 0.6) is 5.75 Å². The van der Waals surface area contributed by atoms with E-state index in [1.54, 1.807) is 7.11 Å². The Hall–Kier alpha value is -1.47. The first-order chi connectivity index (χ1) is 8.93. The van der Waals surface area contributed by atoms with E-state index in [0.29, 0.717) is 37.6 Å². The van der Waals surface area contributed by atoms with Crippen LogP contribution >= 0.6 is 0 Å². The molecule has 1 aliphatic rings. The monoisotopic (exact) mass is 285 g/mol. The fourth-order valence-corrected chi connectivity index (χ4v) is 3.07. The number of piperazine rings is 1. The summed E-state index contributed by atoms with van der Waals surface area (Å²) in [6, 6.07) is 5.62. The second kappa shape index (κ2) is 5.26. The summed E-state index contributed by atoms with van der Waals surface area (Å²) in [5.41, 5.74) is 7.54. The molecule has 1 saturated heterocycles. The summed E-state index contributed by atoms with van der Waals surface area (Å²) in [5.74, 6) is 0.642. The van der Waals surface area contributed by atoms with Crippen molar-refractivity contribution < 1.29 is 13.2 Å². The predicted octanol–water partition coefficient (Wildman–Crippen LogP) is 0.359. The molecule has 1 fully saturated rings. The Morgan fingerprint density at radius 1 is 1.21 bits per heavy atom. The van der Waals surface area contributed by atoms with Crippen LogP contribution in [0.1, 0.15) is 0 Å². The van der Waals surface area contributed by atoms with Crippen LogP contribution in [0.4, 0.5) is 11.4 Å². The summed E-state index contributed by atoms with van der Waals surface area (Å²) in [4.78, 5) is 2.08. The van der Waals surface area contributed by atoms with Gasteiger partial charge in [0.05, 0.1) is 24.7 Å². The van der Waals surface area contributed by atoms with Crippen LogP contribution < -0.4 is 15.4 Å². The average molecular weight is 285 g/mol. The average Bonchev–Trinajstić information content (AvgIpc) is 2.38. The summed E-state index contributed by atoms with van der Waals surface area (Å²) in [6.07, 6.45) is 1.24. The van der Waals surface area contributed by atoms with E-state index in [9.17, 15) is 8.42 Å². The van der Waals surface area contributed by atoms with Crippen LogP contribution in [-0.2, 0) is 10.0 Å². The molecule has 0 bridgehead atoms. The number of anilines is 2. The van der Waals surface area contributed by atoms with Crippen molar-refractivity contribution in [2.75, 3.05) is 50.2 Å². The summed E-state index contributed by atoms with van der Waals surface area (Å²) in [5, 5.41) is 0. The van der Waals surface area contributed by atoms with Crippen LogP contribution in [0, 0.1) is 0 Å². The highest BCUT2D eigenvalue weighted by Gasteiger charge is 2.24. The lowest BCUT2D eigenvalue weighted by Crippen LogP contribution is -2.48. The third-order valence-corrected chi connectivity index (χ3v) is 4.61. The van der Waals surface area contributed by atoms with Crippen molar-refractivity contribution in [3.8, 4) is 5.75 Å². The molecule has 0 radical (unpaired) electrons.